The van der Waals surface area contributed by atoms with Crippen LogP contribution in [-0.4, -0.2) is 56.8 Å². The monoisotopic (exact) mass is 295 g/mol. The average Bonchev–Trinajstić information content (AvgIpc) is 2.49. The van der Waals surface area contributed by atoms with E-state index < -0.39 is 11.8 Å². The highest BCUT2D eigenvalue weighted by atomic mass is 16.4. The Bertz CT molecular complexity index is 475. The van der Waals surface area contributed by atoms with Crippen LogP contribution in [0.2, 0.25) is 18.5 Å². The molecule has 7 nitrogen and oxygen atoms in total. The van der Waals surface area contributed by atoms with Crippen molar-refractivity contribution in [1.29, 1.82) is 15.8 Å². The van der Waals surface area contributed by atoms with Crippen LogP contribution in [0.15, 0.2) is 0 Å². The highest BCUT2D eigenvalue weighted by molar-refractivity contribution is 6.51. The average molecular weight is 295 g/mol. The van der Waals surface area contributed by atoms with Crippen molar-refractivity contribution in [2.24, 2.45) is 0 Å². The predicted molar refractivity (Wildman–Crippen MR) is 80.9 cm³/mol. The van der Waals surface area contributed by atoms with Crippen molar-refractivity contribution in [3.05, 3.63) is 0 Å². The van der Waals surface area contributed by atoms with Gasteiger partial charge in [-0.05, 0) is 37.0 Å². The fourth-order valence-corrected chi connectivity index (χ4v) is 1.74. The number of carbonyl (C=O) groups excluding carboxylic acids is 1. The third-order valence-electron chi connectivity index (χ3n) is 2.88. The smallest absolute Gasteiger partial charge is 0.299 e. The lowest BCUT2D eigenvalue weighted by atomic mass is 9.64. The van der Waals surface area contributed by atoms with Crippen LogP contribution >= 0.6 is 0 Å². The zero-order valence-corrected chi connectivity index (χ0v) is 12.1. The molecule has 0 saturated heterocycles. The van der Waals surface area contributed by atoms with E-state index in [-0.39, 0.29) is 18.7 Å². The summed E-state index contributed by atoms with van der Waals surface area (Å²) < 4.78 is 0. The van der Waals surface area contributed by atoms with E-state index in [0.29, 0.717) is 25.7 Å². The van der Waals surface area contributed by atoms with Crippen LogP contribution in [-0.2, 0) is 9.59 Å². The summed E-state index contributed by atoms with van der Waals surface area (Å²) >= 11 is 0. The number of amides is 1. The Morgan fingerprint density at radius 1 is 1.05 bits per heavy atom. The molecule has 0 bridgehead atoms. The van der Waals surface area contributed by atoms with E-state index in [1.165, 1.54) is 19.5 Å². The first-order chi connectivity index (χ1) is 10.6. The zero-order valence-electron chi connectivity index (χ0n) is 12.1. The minimum atomic E-state index is -1.14. The first-order valence-corrected chi connectivity index (χ1v) is 6.73. The van der Waals surface area contributed by atoms with Crippen LogP contribution in [0.25, 0.3) is 0 Å². The van der Waals surface area contributed by atoms with E-state index in [2.05, 4.69) is 0 Å². The summed E-state index contributed by atoms with van der Waals surface area (Å²) in [4.78, 5) is 24.5. The molecular formula is C12H14B3N4O3. The lowest BCUT2D eigenvalue weighted by molar-refractivity contribution is -0.137. The van der Waals surface area contributed by atoms with Gasteiger partial charge in [-0.2, -0.15) is 0 Å². The molecule has 0 aromatic heterocycles. The lowest BCUT2D eigenvalue weighted by Crippen LogP contribution is -2.34. The first kappa shape index (κ1) is 19.6. The molecule has 0 aliphatic carbocycles. The fraction of sp³-hybridized carbons (Fsp3) is 0.583. The Kier molecular flexibility index (Phi) is 11.0. The molecule has 10 heteroatoms. The van der Waals surface area contributed by atoms with Gasteiger partial charge in [-0.1, -0.05) is 0 Å². The number of nitriles is 3. The molecule has 22 heavy (non-hydrogen) atoms. The molecule has 0 aromatic rings. The molecule has 109 valence electrons. The zero-order chi connectivity index (χ0) is 16.8. The second-order valence-electron chi connectivity index (χ2n) is 4.40. The third kappa shape index (κ3) is 8.71. The largest absolute Gasteiger partial charge is 0.482 e. The Hall–Kier alpha value is -2.40. The quantitative estimate of drug-likeness (QED) is 0.417. The number of aliphatic carboxylic acids is 1. The van der Waals surface area contributed by atoms with Crippen LogP contribution in [0, 0.1) is 33.7 Å². The highest BCUT2D eigenvalue weighted by Crippen LogP contribution is 2.14. The van der Waals surface area contributed by atoms with Gasteiger partial charge in [0.05, 0.1) is 0 Å². The molecule has 0 aliphatic heterocycles. The maximum Gasteiger partial charge on any atom is 0.299 e. The Morgan fingerprint density at radius 3 is 2.00 bits per heavy atom. The second kappa shape index (κ2) is 12.4. The van der Waals surface area contributed by atoms with Crippen LogP contribution in [0.4, 0.5) is 0 Å². The topological polar surface area (TPSA) is 129 Å². The van der Waals surface area contributed by atoms with Gasteiger partial charge in [0, 0.05) is 25.3 Å². The summed E-state index contributed by atoms with van der Waals surface area (Å²) in [5.41, 5.74) is 0. The first-order valence-electron chi connectivity index (χ1n) is 6.73. The van der Waals surface area contributed by atoms with Gasteiger partial charge >= 0.3 is 0 Å². The molecule has 1 amide bonds. The molecule has 0 fully saturated rings. The van der Waals surface area contributed by atoms with E-state index in [4.69, 9.17) is 20.9 Å². The fourth-order valence-electron chi connectivity index (χ4n) is 1.74. The minimum absolute atomic E-state index is 0.00570. The minimum Gasteiger partial charge on any atom is -0.482 e. The van der Waals surface area contributed by atoms with Gasteiger partial charge in [-0.15, -0.1) is 0 Å². The number of hydrogen-bond donors (Lipinski definition) is 1. The summed E-state index contributed by atoms with van der Waals surface area (Å²) in [6.45, 7) is 0.677. The van der Waals surface area contributed by atoms with Crippen molar-refractivity contribution >= 4 is 33.7 Å². The summed E-state index contributed by atoms with van der Waals surface area (Å²) in [5, 5.41) is 34.4. The van der Waals surface area contributed by atoms with E-state index >= 15 is 0 Å². The number of rotatable bonds is 11. The van der Waals surface area contributed by atoms with Crippen molar-refractivity contribution < 1.29 is 14.7 Å². The normalized spacial score (nSPS) is 10.2. The molecule has 0 aromatic carbocycles. The van der Waals surface area contributed by atoms with E-state index in [1.807, 2.05) is 11.9 Å². The van der Waals surface area contributed by atoms with E-state index in [9.17, 15) is 9.59 Å². The van der Waals surface area contributed by atoms with Gasteiger partial charge < -0.3 is 10.0 Å². The van der Waals surface area contributed by atoms with Crippen molar-refractivity contribution in [2.45, 2.75) is 31.3 Å². The van der Waals surface area contributed by atoms with Crippen LogP contribution < -0.4 is 0 Å². The van der Waals surface area contributed by atoms with Gasteiger partial charge in [0.2, 0.25) is 5.91 Å². The van der Waals surface area contributed by atoms with Gasteiger partial charge in [0.15, 0.2) is 0 Å². The van der Waals surface area contributed by atoms with Crippen LogP contribution in [0.5, 0.6) is 0 Å². The summed E-state index contributed by atoms with van der Waals surface area (Å²) in [6.07, 6.45) is 0.847. The van der Waals surface area contributed by atoms with Crippen molar-refractivity contribution in [2.75, 3.05) is 13.1 Å². The molecule has 0 aliphatic rings. The van der Waals surface area contributed by atoms with Crippen molar-refractivity contribution in [3.8, 4) is 17.9 Å². The molecule has 3 radical (unpaired) electrons. The summed E-state index contributed by atoms with van der Waals surface area (Å²) in [5.74, 6) is 3.04. The standard InChI is InChI=1S/C12H14B3N4O3/c16-7-13-3-5-19(6-4-14-8-17)11(20)2-1-10(12(21)22)15-9-18/h10H,1-6H2,(H,21,22). The van der Waals surface area contributed by atoms with Crippen LogP contribution in [0.3, 0.4) is 0 Å². The van der Waals surface area contributed by atoms with Crippen molar-refractivity contribution in [1.82, 2.24) is 4.90 Å². The van der Waals surface area contributed by atoms with Crippen LogP contribution in [0.1, 0.15) is 12.8 Å². The summed E-state index contributed by atoms with van der Waals surface area (Å²) in [6, 6.07) is 0. The number of nitrogens with zero attached hydrogens (tertiary/aromatic N) is 4. The number of carboxylic acid groups (broad SMARTS) is 1. The Balaban J connectivity index is 4.47. The molecule has 1 unspecified atom stereocenters. The predicted octanol–water partition coefficient (Wildman–Crippen LogP) is -0.139. The second-order valence-corrected chi connectivity index (χ2v) is 4.40. The Morgan fingerprint density at radius 2 is 1.59 bits per heavy atom. The third-order valence-corrected chi connectivity index (χ3v) is 2.88. The molecule has 0 heterocycles. The molecule has 0 rings (SSSR count). The van der Waals surface area contributed by atoms with Gasteiger partial charge in [-0.25, -0.2) is 15.8 Å². The van der Waals surface area contributed by atoms with Crippen molar-refractivity contribution in [3.63, 3.8) is 0 Å². The number of carboxylic acids is 1. The lowest BCUT2D eigenvalue weighted by Gasteiger charge is -2.22. The van der Waals surface area contributed by atoms with Gasteiger partial charge in [-0.3, -0.25) is 9.59 Å². The Labute approximate surface area is 132 Å². The molecule has 1 atom stereocenters. The molecule has 0 spiro atoms. The maximum absolute atomic E-state index is 12.1. The van der Waals surface area contributed by atoms with E-state index in [0.717, 1.165) is 7.28 Å². The maximum atomic E-state index is 12.1. The number of hydrogen-bond acceptors (Lipinski definition) is 5. The van der Waals surface area contributed by atoms with Gasteiger partial charge in [0.1, 0.15) is 0 Å². The van der Waals surface area contributed by atoms with E-state index in [1.54, 1.807) is 5.97 Å². The van der Waals surface area contributed by atoms with Gasteiger partial charge in [0.25, 0.3) is 27.8 Å². The summed E-state index contributed by atoms with van der Waals surface area (Å²) in [7, 11) is 3.74. The number of carbonyl (C=O) groups is 2. The molecule has 1 N–H and O–H groups in total. The molecule has 0 saturated carbocycles. The molecular weight excluding hydrogens is 281 g/mol. The highest BCUT2D eigenvalue weighted by Gasteiger charge is 2.22. The SMILES string of the molecule is N#C[B]CCN(CC[B]C#N)C(=O)CCC([B]C#N)C(=O)O.